The first-order valence-electron chi connectivity index (χ1n) is 11.0. The highest BCUT2D eigenvalue weighted by Crippen LogP contribution is 2.36. The van der Waals surface area contributed by atoms with Gasteiger partial charge in [0.25, 0.3) is 0 Å². The first kappa shape index (κ1) is 25.3. The van der Waals surface area contributed by atoms with E-state index in [-0.39, 0.29) is 5.88 Å². The van der Waals surface area contributed by atoms with Gasteiger partial charge in [0, 0.05) is 29.6 Å². The Kier molecular flexibility index (Phi) is 7.63. The molecule has 2 aromatic rings. The van der Waals surface area contributed by atoms with Crippen molar-refractivity contribution >= 4 is 35.6 Å². The zero-order valence-corrected chi connectivity index (χ0v) is 19.1. The van der Waals surface area contributed by atoms with Gasteiger partial charge >= 0.3 is 12.1 Å². The number of imidazole rings is 1. The lowest BCUT2D eigenvalue weighted by molar-refractivity contribution is -0.192. The summed E-state index contributed by atoms with van der Waals surface area (Å²) in [5.41, 5.74) is 2.46. The number of carboxylic acid groups (broad SMARTS) is 1. The van der Waals surface area contributed by atoms with Gasteiger partial charge in [0.2, 0.25) is 11.8 Å². The topological polar surface area (TPSA) is 123 Å². The Morgan fingerprint density at radius 2 is 2.03 bits per heavy atom. The third-order valence-electron chi connectivity index (χ3n) is 6.02. The third kappa shape index (κ3) is 6.15. The summed E-state index contributed by atoms with van der Waals surface area (Å²) in [5, 5.41) is 21.0. The summed E-state index contributed by atoms with van der Waals surface area (Å²) < 4.78 is 31.7. The number of aromatic amines is 1. The van der Waals surface area contributed by atoms with Crippen LogP contribution >= 0.6 is 0 Å². The van der Waals surface area contributed by atoms with Crippen molar-refractivity contribution in [2.45, 2.75) is 52.3 Å². The predicted octanol–water partition coefficient (Wildman–Crippen LogP) is 5.27. The van der Waals surface area contributed by atoms with Gasteiger partial charge in [-0.05, 0) is 48.8 Å². The minimum absolute atomic E-state index is 0.000644. The number of pyridine rings is 1. The van der Waals surface area contributed by atoms with Crippen molar-refractivity contribution in [2.24, 2.45) is 22.7 Å². The average molecular weight is 480 g/mol. The quantitative estimate of drug-likeness (QED) is 0.474. The van der Waals surface area contributed by atoms with E-state index in [0.717, 1.165) is 17.6 Å². The number of halogens is 3. The Hall–Kier alpha value is -3.37. The Morgan fingerprint density at radius 1 is 1.32 bits per heavy atom. The van der Waals surface area contributed by atoms with E-state index in [1.165, 1.54) is 12.8 Å². The molecule has 8 nitrogen and oxygen atoms in total. The average Bonchev–Trinajstić information content (AvgIpc) is 3.31. The van der Waals surface area contributed by atoms with Crippen molar-refractivity contribution in [3.05, 3.63) is 29.6 Å². The lowest BCUT2D eigenvalue weighted by atomic mass is 9.74. The molecule has 3 atom stereocenters. The standard InChI is InChI=1S/C21H27N5O.C2HF3O2/c1-12(2)15-7-6-13(3)9-17(15)24-21-25-18(20(27)26-21)10-14-11-23-19-16(14)5-4-8-22-19;3-2(4,5)1(6)7/h4-5,8,10-13,15,17,27H,6-7,9H2,1-3H3,(H2,24,25,26);(H,6,7)/t13-,15+,17-;/m0./s1. The van der Waals surface area contributed by atoms with Crippen LogP contribution in [-0.2, 0) is 4.79 Å². The van der Waals surface area contributed by atoms with Crippen molar-refractivity contribution in [3.63, 3.8) is 0 Å². The number of alkyl halides is 3. The van der Waals surface area contributed by atoms with E-state index in [1.807, 2.05) is 18.2 Å². The molecule has 4 rings (SSSR count). The Morgan fingerprint density at radius 3 is 2.68 bits per heavy atom. The van der Waals surface area contributed by atoms with Crippen LogP contribution in [0.25, 0.3) is 11.6 Å². The molecule has 0 bridgehead atoms. The Labute approximate surface area is 195 Å². The number of aliphatic imine (C=N–C) groups is 1. The fourth-order valence-corrected chi connectivity index (χ4v) is 4.29. The zero-order valence-electron chi connectivity index (χ0n) is 19.1. The minimum atomic E-state index is -5.08. The SMILES string of the molecule is CC(C)[C@H]1CC[C@H](C)C[C@@H]1Nc1nc(O)c(C=C2C=Nc3ncccc32)[nH]1.O=C(O)C(F)(F)F. The summed E-state index contributed by atoms with van der Waals surface area (Å²) in [7, 11) is 0. The summed E-state index contributed by atoms with van der Waals surface area (Å²) in [6, 6.07) is 4.24. The van der Waals surface area contributed by atoms with Crippen LogP contribution in [0.1, 0.15) is 51.3 Å². The van der Waals surface area contributed by atoms with Gasteiger partial charge in [-0.1, -0.05) is 27.2 Å². The number of allylic oxidation sites excluding steroid dienone is 1. The molecule has 0 spiro atoms. The van der Waals surface area contributed by atoms with E-state index in [2.05, 4.69) is 46.0 Å². The van der Waals surface area contributed by atoms with Gasteiger partial charge in [-0.2, -0.15) is 18.2 Å². The molecule has 34 heavy (non-hydrogen) atoms. The van der Waals surface area contributed by atoms with Crippen LogP contribution in [0, 0.1) is 17.8 Å². The normalized spacial score (nSPS) is 22.9. The molecule has 0 radical (unpaired) electrons. The Bertz CT molecular complexity index is 1080. The van der Waals surface area contributed by atoms with Gasteiger partial charge in [0.05, 0.1) is 0 Å². The number of hydrogen-bond donors (Lipinski definition) is 4. The fraction of sp³-hybridized carbons (Fsp3) is 0.478. The molecule has 1 aliphatic carbocycles. The van der Waals surface area contributed by atoms with Crippen molar-refractivity contribution in [1.82, 2.24) is 15.0 Å². The molecule has 11 heteroatoms. The maximum Gasteiger partial charge on any atom is 0.490 e. The largest absolute Gasteiger partial charge is 0.492 e. The van der Waals surface area contributed by atoms with E-state index >= 15 is 0 Å². The lowest BCUT2D eigenvalue weighted by Crippen LogP contribution is -2.38. The molecule has 0 aromatic carbocycles. The van der Waals surface area contributed by atoms with E-state index in [4.69, 9.17) is 9.90 Å². The number of fused-ring (bicyclic) bond motifs is 1. The van der Waals surface area contributed by atoms with Gasteiger partial charge in [0.1, 0.15) is 5.69 Å². The maximum absolute atomic E-state index is 10.6. The number of H-pyrrole nitrogens is 1. The summed E-state index contributed by atoms with van der Waals surface area (Å²) in [6.45, 7) is 6.89. The van der Waals surface area contributed by atoms with Gasteiger partial charge < -0.3 is 20.5 Å². The first-order valence-corrected chi connectivity index (χ1v) is 11.0. The zero-order chi connectivity index (χ0) is 25.0. The van der Waals surface area contributed by atoms with Gasteiger partial charge in [0.15, 0.2) is 5.82 Å². The summed E-state index contributed by atoms with van der Waals surface area (Å²) in [4.78, 5) is 25.0. The third-order valence-corrected chi connectivity index (χ3v) is 6.02. The molecule has 3 heterocycles. The van der Waals surface area contributed by atoms with Crippen LogP contribution in [0.4, 0.5) is 24.9 Å². The van der Waals surface area contributed by atoms with E-state index < -0.39 is 12.1 Å². The second kappa shape index (κ2) is 10.3. The molecule has 1 aliphatic heterocycles. The molecule has 1 fully saturated rings. The molecule has 0 saturated heterocycles. The predicted molar refractivity (Wildman–Crippen MR) is 123 cm³/mol. The molecular formula is C23H28F3N5O3. The number of hydrogen-bond acceptors (Lipinski definition) is 6. The molecule has 0 amide bonds. The van der Waals surface area contributed by atoms with Crippen LogP contribution in [-0.4, -0.2) is 49.6 Å². The van der Waals surface area contributed by atoms with Gasteiger partial charge in [-0.3, -0.25) is 0 Å². The van der Waals surface area contributed by atoms with Crippen molar-refractivity contribution in [1.29, 1.82) is 0 Å². The molecule has 2 aromatic heterocycles. The van der Waals surface area contributed by atoms with Crippen LogP contribution in [0.15, 0.2) is 23.3 Å². The highest BCUT2D eigenvalue weighted by atomic mass is 19.4. The van der Waals surface area contributed by atoms with E-state index in [1.54, 1.807) is 12.4 Å². The van der Waals surface area contributed by atoms with E-state index in [0.29, 0.717) is 41.3 Å². The monoisotopic (exact) mass is 479 g/mol. The number of aromatic nitrogens is 3. The number of carbonyl (C=O) groups is 1. The number of anilines is 1. The number of aliphatic carboxylic acids is 1. The lowest BCUT2D eigenvalue weighted by Gasteiger charge is -2.37. The second-order valence-corrected chi connectivity index (χ2v) is 8.93. The minimum Gasteiger partial charge on any atom is -0.492 e. The van der Waals surface area contributed by atoms with Gasteiger partial charge in [-0.25, -0.2) is 14.8 Å². The number of nitrogens with zero attached hydrogens (tertiary/aromatic N) is 3. The summed E-state index contributed by atoms with van der Waals surface area (Å²) in [6.07, 6.45) is 3.93. The number of nitrogens with one attached hydrogen (secondary N) is 2. The summed E-state index contributed by atoms with van der Waals surface area (Å²) in [5.74, 6) is 0.533. The van der Waals surface area contributed by atoms with Crippen LogP contribution in [0.2, 0.25) is 0 Å². The van der Waals surface area contributed by atoms with E-state index in [9.17, 15) is 18.3 Å². The van der Waals surface area contributed by atoms with Crippen molar-refractivity contribution < 1.29 is 28.2 Å². The van der Waals surface area contributed by atoms with Crippen molar-refractivity contribution in [3.8, 4) is 5.88 Å². The van der Waals surface area contributed by atoms with Gasteiger partial charge in [-0.15, -0.1) is 0 Å². The molecule has 184 valence electrons. The molecule has 0 unspecified atom stereocenters. The Balaban J connectivity index is 0.000000406. The molecule has 4 N–H and O–H groups in total. The number of carboxylic acids is 1. The second-order valence-electron chi connectivity index (χ2n) is 8.93. The highest BCUT2D eigenvalue weighted by molar-refractivity contribution is 6.20. The molecule has 1 saturated carbocycles. The highest BCUT2D eigenvalue weighted by Gasteiger charge is 2.38. The first-order chi connectivity index (χ1) is 16.0. The van der Waals surface area contributed by atoms with Crippen molar-refractivity contribution in [2.75, 3.05) is 5.32 Å². The maximum atomic E-state index is 10.6. The smallest absolute Gasteiger partial charge is 0.490 e. The van der Waals surface area contributed by atoms with Crippen LogP contribution in [0.3, 0.4) is 0 Å². The molecular weight excluding hydrogens is 451 g/mol. The fourth-order valence-electron chi connectivity index (χ4n) is 4.29. The molecule has 2 aliphatic rings. The number of aromatic hydroxyl groups is 1. The van der Waals surface area contributed by atoms with Crippen LogP contribution in [0.5, 0.6) is 5.88 Å². The van der Waals surface area contributed by atoms with Crippen LogP contribution < -0.4 is 5.32 Å². The number of rotatable bonds is 4. The summed E-state index contributed by atoms with van der Waals surface area (Å²) >= 11 is 0.